The number of benzene rings is 2. The van der Waals surface area contributed by atoms with Crippen LogP contribution in [0.15, 0.2) is 36.4 Å². The summed E-state index contributed by atoms with van der Waals surface area (Å²) >= 11 is 14.2. The van der Waals surface area contributed by atoms with Gasteiger partial charge in [0.25, 0.3) is 0 Å². The molecule has 0 aliphatic carbocycles. The molecule has 1 aromatic heterocycles. The standard InChI is InChI=1S/C16H9Cl2F3IN3/c17-9-6-8(16(19,20)21)13(23)11(18)10(9)15-12(22)14(24-25-15)7-4-2-1-3-5-7/h1-6H,23H2,(H,24,25). The fourth-order valence-electron chi connectivity index (χ4n) is 2.38. The highest BCUT2D eigenvalue weighted by atomic mass is 127. The minimum atomic E-state index is -4.65. The summed E-state index contributed by atoms with van der Waals surface area (Å²) in [7, 11) is 0. The van der Waals surface area contributed by atoms with Gasteiger partial charge in [0.2, 0.25) is 0 Å². The van der Waals surface area contributed by atoms with Gasteiger partial charge in [0.05, 0.1) is 30.6 Å². The number of anilines is 1. The molecule has 0 amide bonds. The monoisotopic (exact) mass is 497 g/mol. The van der Waals surface area contributed by atoms with Crippen molar-refractivity contribution in [2.75, 3.05) is 5.73 Å². The maximum Gasteiger partial charge on any atom is 0.418 e. The van der Waals surface area contributed by atoms with Crippen molar-refractivity contribution in [3.8, 4) is 22.5 Å². The van der Waals surface area contributed by atoms with Gasteiger partial charge >= 0.3 is 6.18 Å². The topological polar surface area (TPSA) is 54.7 Å². The highest BCUT2D eigenvalue weighted by molar-refractivity contribution is 14.1. The highest BCUT2D eigenvalue weighted by Gasteiger charge is 2.36. The summed E-state index contributed by atoms with van der Waals surface area (Å²) < 4.78 is 39.8. The Hall–Kier alpha value is -1.45. The number of aromatic amines is 1. The maximum absolute atomic E-state index is 13.0. The van der Waals surface area contributed by atoms with Crippen LogP contribution in [0.2, 0.25) is 10.0 Å². The quantitative estimate of drug-likeness (QED) is 0.324. The number of nitrogens with zero attached hydrogens (tertiary/aromatic N) is 1. The average Bonchev–Trinajstić information content (AvgIpc) is 2.92. The molecule has 0 atom stereocenters. The fraction of sp³-hybridized carbons (Fsp3) is 0.0625. The number of hydrogen-bond acceptors (Lipinski definition) is 2. The Labute approximate surface area is 164 Å². The molecule has 2 aromatic carbocycles. The van der Waals surface area contributed by atoms with E-state index in [1.807, 2.05) is 52.9 Å². The molecule has 3 nitrogen and oxygen atoms in total. The molecule has 3 N–H and O–H groups in total. The van der Waals surface area contributed by atoms with Crippen LogP contribution in [0, 0.1) is 3.57 Å². The molecule has 0 saturated carbocycles. The van der Waals surface area contributed by atoms with Crippen molar-refractivity contribution in [3.63, 3.8) is 0 Å². The molecule has 0 radical (unpaired) electrons. The summed E-state index contributed by atoms with van der Waals surface area (Å²) in [6.45, 7) is 0. The molecule has 3 aromatic rings. The molecule has 3 rings (SSSR count). The van der Waals surface area contributed by atoms with Gasteiger partial charge in [0, 0.05) is 11.1 Å². The Morgan fingerprint density at radius 2 is 1.76 bits per heavy atom. The Morgan fingerprint density at radius 1 is 1.12 bits per heavy atom. The number of nitrogen functional groups attached to an aromatic ring is 1. The van der Waals surface area contributed by atoms with Crippen LogP contribution in [0.3, 0.4) is 0 Å². The lowest BCUT2D eigenvalue weighted by atomic mass is 10.0. The molecule has 0 saturated heterocycles. The lowest BCUT2D eigenvalue weighted by Gasteiger charge is -2.15. The van der Waals surface area contributed by atoms with Crippen LogP contribution in [0.5, 0.6) is 0 Å². The first-order chi connectivity index (χ1) is 11.7. The lowest BCUT2D eigenvalue weighted by Crippen LogP contribution is -2.10. The Kier molecular flexibility index (Phi) is 4.91. The number of alkyl halides is 3. The van der Waals surface area contributed by atoms with Crippen LogP contribution < -0.4 is 5.73 Å². The third-order valence-electron chi connectivity index (χ3n) is 3.57. The van der Waals surface area contributed by atoms with E-state index in [1.165, 1.54) is 0 Å². The van der Waals surface area contributed by atoms with Crippen LogP contribution in [-0.4, -0.2) is 10.2 Å². The molecule has 0 unspecified atom stereocenters. The van der Waals surface area contributed by atoms with Crippen molar-refractivity contribution in [2.24, 2.45) is 0 Å². The van der Waals surface area contributed by atoms with Crippen LogP contribution in [0.25, 0.3) is 22.5 Å². The molecule has 0 aliphatic rings. The van der Waals surface area contributed by atoms with Crippen LogP contribution >= 0.6 is 45.8 Å². The molecule has 25 heavy (non-hydrogen) atoms. The predicted molar refractivity (Wildman–Crippen MR) is 102 cm³/mol. The van der Waals surface area contributed by atoms with Gasteiger partial charge in [0.15, 0.2) is 0 Å². The molecular formula is C16H9Cl2F3IN3. The van der Waals surface area contributed by atoms with E-state index in [-0.39, 0.29) is 15.6 Å². The van der Waals surface area contributed by atoms with Crippen LogP contribution in [-0.2, 0) is 6.18 Å². The zero-order valence-electron chi connectivity index (χ0n) is 12.3. The molecule has 1 heterocycles. The van der Waals surface area contributed by atoms with Crippen LogP contribution in [0.1, 0.15) is 5.56 Å². The molecule has 9 heteroatoms. The van der Waals surface area contributed by atoms with Crippen molar-refractivity contribution in [2.45, 2.75) is 6.18 Å². The number of hydrogen-bond donors (Lipinski definition) is 2. The van der Waals surface area contributed by atoms with Gasteiger partial charge in [-0.2, -0.15) is 18.3 Å². The van der Waals surface area contributed by atoms with Crippen molar-refractivity contribution in [1.82, 2.24) is 10.2 Å². The number of aromatic nitrogens is 2. The van der Waals surface area contributed by atoms with E-state index in [1.54, 1.807) is 0 Å². The van der Waals surface area contributed by atoms with E-state index in [2.05, 4.69) is 10.2 Å². The van der Waals surface area contributed by atoms with Gasteiger partial charge in [0.1, 0.15) is 5.69 Å². The van der Waals surface area contributed by atoms with Crippen molar-refractivity contribution in [3.05, 3.63) is 55.6 Å². The van der Waals surface area contributed by atoms with E-state index in [9.17, 15) is 13.2 Å². The third-order valence-corrected chi connectivity index (χ3v) is 5.31. The molecule has 130 valence electrons. The lowest BCUT2D eigenvalue weighted by molar-refractivity contribution is -0.136. The second-order valence-electron chi connectivity index (χ2n) is 5.13. The normalized spacial score (nSPS) is 11.8. The summed E-state index contributed by atoms with van der Waals surface area (Å²) in [4.78, 5) is 0. The highest BCUT2D eigenvalue weighted by Crippen LogP contribution is 2.46. The summed E-state index contributed by atoms with van der Waals surface area (Å²) in [6, 6.07) is 10.1. The van der Waals surface area contributed by atoms with E-state index in [4.69, 9.17) is 28.9 Å². The number of nitrogens with two attached hydrogens (primary N) is 1. The number of H-pyrrole nitrogens is 1. The van der Waals surface area contributed by atoms with E-state index in [0.29, 0.717) is 15.0 Å². The molecule has 0 aliphatic heterocycles. The second-order valence-corrected chi connectivity index (χ2v) is 7.00. The molecule has 0 fully saturated rings. The number of rotatable bonds is 2. The van der Waals surface area contributed by atoms with Gasteiger partial charge in [-0.1, -0.05) is 53.5 Å². The van der Waals surface area contributed by atoms with E-state index in [0.717, 1.165) is 11.6 Å². The minimum Gasteiger partial charge on any atom is -0.397 e. The molecule has 0 spiro atoms. The third kappa shape index (κ3) is 3.32. The van der Waals surface area contributed by atoms with Gasteiger partial charge in [-0.25, -0.2) is 0 Å². The van der Waals surface area contributed by atoms with Gasteiger partial charge in [-0.05, 0) is 28.7 Å². The van der Waals surface area contributed by atoms with Crippen LogP contribution in [0.4, 0.5) is 18.9 Å². The summed E-state index contributed by atoms with van der Waals surface area (Å²) in [5.41, 5.74) is 6.05. The zero-order chi connectivity index (χ0) is 18.4. The van der Waals surface area contributed by atoms with E-state index >= 15 is 0 Å². The summed E-state index contributed by atoms with van der Waals surface area (Å²) in [5.74, 6) is 0. The average molecular weight is 498 g/mol. The number of nitrogens with one attached hydrogen (secondary N) is 1. The largest absolute Gasteiger partial charge is 0.418 e. The second kappa shape index (κ2) is 6.69. The molecular weight excluding hydrogens is 489 g/mol. The first-order valence-corrected chi connectivity index (χ1v) is 8.69. The Balaban J connectivity index is 2.19. The first kappa shape index (κ1) is 18.3. The van der Waals surface area contributed by atoms with Gasteiger partial charge in [-0.15, -0.1) is 0 Å². The Bertz CT molecular complexity index is 940. The van der Waals surface area contributed by atoms with Crippen molar-refractivity contribution >= 4 is 51.5 Å². The molecule has 0 bridgehead atoms. The van der Waals surface area contributed by atoms with Gasteiger partial charge in [-0.3, -0.25) is 5.10 Å². The Morgan fingerprint density at radius 3 is 2.36 bits per heavy atom. The predicted octanol–water partition coefficient (Wildman–Crippen LogP) is 6.26. The smallest absolute Gasteiger partial charge is 0.397 e. The zero-order valence-corrected chi connectivity index (χ0v) is 15.9. The van der Waals surface area contributed by atoms with Crippen molar-refractivity contribution < 1.29 is 13.2 Å². The fourth-order valence-corrected chi connectivity index (χ4v) is 3.85. The maximum atomic E-state index is 13.0. The SMILES string of the molecule is Nc1c(C(F)(F)F)cc(Cl)c(-c2[nH]nc(-c3ccccc3)c2I)c1Cl. The number of halogens is 6. The summed E-state index contributed by atoms with van der Waals surface area (Å²) in [6.07, 6.45) is -4.65. The van der Waals surface area contributed by atoms with Crippen molar-refractivity contribution in [1.29, 1.82) is 0 Å². The minimum absolute atomic E-state index is 0.160. The first-order valence-electron chi connectivity index (χ1n) is 6.86. The van der Waals surface area contributed by atoms with E-state index < -0.39 is 17.4 Å². The van der Waals surface area contributed by atoms with Gasteiger partial charge < -0.3 is 5.73 Å². The summed E-state index contributed by atoms with van der Waals surface area (Å²) in [5, 5.41) is 6.60.